The molecule has 0 saturated carbocycles. The first-order valence-electron chi connectivity index (χ1n) is 8.91. The zero-order chi connectivity index (χ0) is 26.6. The van der Waals surface area contributed by atoms with E-state index in [-0.39, 0.29) is 11.3 Å². The molecule has 17 heteroatoms. The molecule has 1 rings (SSSR count). The molecule has 2 atom stereocenters. The van der Waals surface area contributed by atoms with Crippen molar-refractivity contribution < 1.29 is 71.7 Å². The first kappa shape index (κ1) is 29.4. The van der Waals surface area contributed by atoms with E-state index in [0.717, 1.165) is 0 Å². The molecule has 0 aromatic heterocycles. The molecule has 1 aliphatic rings. The minimum Gasteiger partial charge on any atom is -0.444 e. The highest BCUT2D eigenvalue weighted by Crippen LogP contribution is 2.61. The largest absolute Gasteiger partial charge is 0.460 e. The standard InChI is InChI=1S/C16H18F13NO3/c1-10(2,3)33-9(32)30-6-4-5-7(30)8(31)11(17,18)12(19,20)13(21,22)14(23,24)15(25,26)16(27,28)29/h7-8,31H,4-6H2,1-3H3/t7-,8+/m0/s1. The average Bonchev–Trinajstić information content (AvgIpc) is 3.07. The van der Waals surface area contributed by atoms with E-state index < -0.39 is 72.6 Å². The third-order valence-electron chi connectivity index (χ3n) is 4.62. The summed E-state index contributed by atoms with van der Waals surface area (Å²) in [5.74, 6) is -38.3. The van der Waals surface area contributed by atoms with Crippen LogP contribution >= 0.6 is 0 Å². The molecular weight excluding hydrogens is 501 g/mol. The van der Waals surface area contributed by atoms with Crippen LogP contribution in [0, 0.1) is 0 Å². The maximum atomic E-state index is 14.2. The molecule has 33 heavy (non-hydrogen) atoms. The Balaban J connectivity index is 3.40. The molecule has 0 aromatic rings. The number of rotatable bonds is 6. The highest BCUT2D eigenvalue weighted by molar-refractivity contribution is 5.69. The van der Waals surface area contributed by atoms with Gasteiger partial charge in [0.2, 0.25) is 0 Å². The van der Waals surface area contributed by atoms with Gasteiger partial charge in [-0.05, 0) is 33.6 Å². The normalized spacial score (nSPS) is 20.8. The van der Waals surface area contributed by atoms with Gasteiger partial charge in [0, 0.05) is 6.54 Å². The lowest BCUT2D eigenvalue weighted by Gasteiger charge is -2.42. The molecule has 1 N–H and O–H groups in total. The summed E-state index contributed by atoms with van der Waals surface area (Å²) in [4.78, 5) is 12.2. The minimum absolute atomic E-state index is 0.195. The number of nitrogens with zero attached hydrogens (tertiary/aromatic N) is 1. The van der Waals surface area contributed by atoms with Crippen LogP contribution in [0.4, 0.5) is 61.9 Å². The summed E-state index contributed by atoms with van der Waals surface area (Å²) in [6.45, 7) is 3.28. The molecule has 0 bridgehead atoms. The Kier molecular flexibility index (Phi) is 7.31. The molecule has 0 spiro atoms. The second-order valence-corrected chi connectivity index (χ2v) is 8.25. The van der Waals surface area contributed by atoms with Gasteiger partial charge in [0.1, 0.15) is 11.7 Å². The third kappa shape index (κ3) is 4.65. The van der Waals surface area contributed by atoms with Gasteiger partial charge in [0.05, 0.1) is 6.04 Å². The van der Waals surface area contributed by atoms with E-state index >= 15 is 0 Å². The zero-order valence-corrected chi connectivity index (χ0v) is 16.9. The van der Waals surface area contributed by atoms with Crippen molar-refractivity contribution in [2.45, 2.75) is 87.1 Å². The summed E-state index contributed by atoms with van der Waals surface area (Å²) in [6.07, 6.45) is -14.2. The number of hydrogen-bond acceptors (Lipinski definition) is 3. The number of hydrogen-bond donors (Lipinski definition) is 1. The van der Waals surface area contributed by atoms with E-state index in [1.54, 1.807) is 0 Å². The van der Waals surface area contributed by atoms with E-state index in [4.69, 9.17) is 4.74 Å². The number of aliphatic hydroxyl groups excluding tert-OH is 1. The van der Waals surface area contributed by atoms with Gasteiger partial charge in [-0.2, -0.15) is 57.1 Å². The monoisotopic (exact) mass is 519 g/mol. The molecular formula is C16H18F13NO3. The van der Waals surface area contributed by atoms with Gasteiger partial charge >= 0.3 is 41.9 Å². The topological polar surface area (TPSA) is 49.8 Å². The van der Waals surface area contributed by atoms with Crippen LogP contribution in [0.1, 0.15) is 33.6 Å². The molecule has 1 fully saturated rings. The van der Waals surface area contributed by atoms with Crippen molar-refractivity contribution in [3.63, 3.8) is 0 Å². The van der Waals surface area contributed by atoms with Gasteiger partial charge in [-0.25, -0.2) is 4.79 Å². The van der Waals surface area contributed by atoms with Crippen LogP contribution in [0.15, 0.2) is 0 Å². The summed E-state index contributed by atoms with van der Waals surface area (Å²) < 4.78 is 177. The molecule has 0 radical (unpaired) electrons. The Labute approximate surface area is 177 Å². The molecule has 0 aromatic carbocycles. The van der Waals surface area contributed by atoms with Crippen molar-refractivity contribution in [3.8, 4) is 0 Å². The Hall–Kier alpha value is -1.68. The number of carbonyl (C=O) groups excluding carboxylic acids is 1. The Morgan fingerprint density at radius 3 is 1.64 bits per heavy atom. The van der Waals surface area contributed by atoms with Gasteiger partial charge in [-0.3, -0.25) is 0 Å². The Bertz CT molecular complexity index is 730. The van der Waals surface area contributed by atoms with Crippen LogP contribution < -0.4 is 0 Å². The molecule has 1 aliphatic heterocycles. The van der Waals surface area contributed by atoms with Crippen LogP contribution in [0.2, 0.25) is 0 Å². The summed E-state index contributed by atoms with van der Waals surface area (Å²) >= 11 is 0. The fraction of sp³-hybridized carbons (Fsp3) is 0.938. The van der Waals surface area contributed by atoms with Gasteiger partial charge in [0.25, 0.3) is 0 Å². The van der Waals surface area contributed by atoms with Crippen molar-refractivity contribution >= 4 is 6.09 Å². The highest BCUT2D eigenvalue weighted by Gasteiger charge is 2.91. The van der Waals surface area contributed by atoms with Crippen LogP contribution in [0.25, 0.3) is 0 Å². The van der Waals surface area contributed by atoms with E-state index in [9.17, 15) is 67.0 Å². The number of halogens is 13. The third-order valence-corrected chi connectivity index (χ3v) is 4.62. The molecule has 1 heterocycles. The minimum atomic E-state index is -8.06. The highest BCUT2D eigenvalue weighted by atomic mass is 19.4. The predicted molar refractivity (Wildman–Crippen MR) is 82.8 cm³/mol. The van der Waals surface area contributed by atoms with Crippen LogP contribution in [0.5, 0.6) is 0 Å². The number of ether oxygens (including phenoxy) is 1. The second-order valence-electron chi connectivity index (χ2n) is 8.25. The maximum Gasteiger partial charge on any atom is 0.460 e. The fourth-order valence-electron chi connectivity index (χ4n) is 2.88. The molecule has 0 unspecified atom stereocenters. The SMILES string of the molecule is CC(C)(C)OC(=O)N1CCC[C@H]1[C@@H](O)C(F)(F)C(F)(F)C(F)(F)C(F)(F)C(F)(F)C(F)(F)F. The summed E-state index contributed by atoms with van der Waals surface area (Å²) in [7, 11) is 0. The number of amides is 1. The van der Waals surface area contributed by atoms with Gasteiger partial charge in [-0.15, -0.1) is 0 Å². The van der Waals surface area contributed by atoms with Crippen LogP contribution in [0.3, 0.4) is 0 Å². The maximum absolute atomic E-state index is 14.2. The van der Waals surface area contributed by atoms with Crippen molar-refractivity contribution in [2.75, 3.05) is 6.54 Å². The van der Waals surface area contributed by atoms with E-state index in [1.165, 1.54) is 20.8 Å². The van der Waals surface area contributed by atoms with E-state index in [0.29, 0.717) is 0 Å². The van der Waals surface area contributed by atoms with Crippen molar-refractivity contribution in [1.29, 1.82) is 0 Å². The molecule has 196 valence electrons. The van der Waals surface area contributed by atoms with Gasteiger partial charge in [-0.1, -0.05) is 0 Å². The molecule has 1 amide bonds. The van der Waals surface area contributed by atoms with Crippen LogP contribution in [-0.2, 0) is 4.74 Å². The molecule has 1 saturated heterocycles. The van der Waals surface area contributed by atoms with Crippen LogP contribution in [-0.4, -0.2) is 76.2 Å². The Morgan fingerprint density at radius 2 is 1.24 bits per heavy atom. The lowest BCUT2D eigenvalue weighted by atomic mass is 9.89. The van der Waals surface area contributed by atoms with Crippen molar-refractivity contribution in [1.82, 2.24) is 4.90 Å². The first-order valence-corrected chi connectivity index (χ1v) is 8.91. The van der Waals surface area contributed by atoms with E-state index in [1.807, 2.05) is 0 Å². The molecule has 0 aliphatic carbocycles. The average molecular weight is 519 g/mol. The summed E-state index contributed by atoms with van der Waals surface area (Å²) in [5, 5.41) is 9.65. The lowest BCUT2D eigenvalue weighted by Crippen LogP contribution is -2.72. The van der Waals surface area contributed by atoms with Gasteiger partial charge < -0.3 is 14.7 Å². The quantitative estimate of drug-likeness (QED) is 0.473. The van der Waals surface area contributed by atoms with E-state index in [2.05, 4.69) is 0 Å². The van der Waals surface area contributed by atoms with Gasteiger partial charge in [0.15, 0.2) is 0 Å². The number of carbonyl (C=O) groups is 1. The van der Waals surface area contributed by atoms with Crippen molar-refractivity contribution in [2.24, 2.45) is 0 Å². The number of likely N-dealkylation sites (tertiary alicyclic amines) is 1. The summed E-state index contributed by atoms with van der Waals surface area (Å²) in [5.41, 5.74) is -1.29. The fourth-order valence-corrected chi connectivity index (χ4v) is 2.88. The first-order chi connectivity index (χ1) is 14.3. The smallest absolute Gasteiger partial charge is 0.444 e. The Morgan fingerprint density at radius 1 is 0.818 bits per heavy atom. The second kappa shape index (κ2) is 8.22. The number of aliphatic hydroxyl groups is 1. The predicted octanol–water partition coefficient (Wildman–Crippen LogP) is 5.49. The zero-order valence-electron chi connectivity index (χ0n) is 16.9. The van der Waals surface area contributed by atoms with Crippen molar-refractivity contribution in [3.05, 3.63) is 0 Å². The number of alkyl halides is 13. The lowest BCUT2D eigenvalue weighted by molar-refractivity contribution is -0.445. The molecule has 4 nitrogen and oxygen atoms in total. The summed E-state index contributed by atoms with van der Waals surface area (Å²) in [6, 6.07) is -2.45.